The van der Waals surface area contributed by atoms with Gasteiger partial charge in [0, 0.05) is 33.3 Å². The van der Waals surface area contributed by atoms with E-state index in [2.05, 4.69) is 36.1 Å². The van der Waals surface area contributed by atoms with Crippen LogP contribution in [0, 0.1) is 0 Å². The van der Waals surface area contributed by atoms with Gasteiger partial charge in [-0.2, -0.15) is 0 Å². The molecular formula is C14H24N2O. The third-order valence-corrected chi connectivity index (χ3v) is 2.89. The third-order valence-electron chi connectivity index (χ3n) is 2.89. The van der Waals surface area contributed by atoms with E-state index in [0.717, 1.165) is 32.7 Å². The highest BCUT2D eigenvalue weighted by molar-refractivity contribution is 5.22. The zero-order valence-electron chi connectivity index (χ0n) is 11.0. The van der Waals surface area contributed by atoms with Crippen molar-refractivity contribution in [1.29, 1.82) is 0 Å². The molecule has 0 aromatic heterocycles. The molecule has 0 aliphatic heterocycles. The maximum Gasteiger partial charge on any atom is 0.0589 e. The van der Waals surface area contributed by atoms with Crippen LogP contribution in [0.1, 0.15) is 18.1 Å². The van der Waals surface area contributed by atoms with E-state index in [-0.39, 0.29) is 0 Å². The van der Waals surface area contributed by atoms with Gasteiger partial charge in [-0.15, -0.1) is 0 Å². The molecule has 0 atom stereocenters. The third kappa shape index (κ3) is 5.31. The summed E-state index contributed by atoms with van der Waals surface area (Å²) in [5, 5.41) is 0. The first-order valence-corrected chi connectivity index (χ1v) is 6.29. The summed E-state index contributed by atoms with van der Waals surface area (Å²) < 4.78 is 5.11. The van der Waals surface area contributed by atoms with Gasteiger partial charge in [0.25, 0.3) is 0 Å². The Kier molecular flexibility index (Phi) is 6.86. The predicted octanol–water partition coefficient (Wildman–Crippen LogP) is 1.66. The van der Waals surface area contributed by atoms with Crippen molar-refractivity contribution in [3.63, 3.8) is 0 Å². The molecule has 0 heterocycles. The zero-order valence-corrected chi connectivity index (χ0v) is 11.0. The summed E-state index contributed by atoms with van der Waals surface area (Å²) >= 11 is 0. The number of hydrogen-bond acceptors (Lipinski definition) is 3. The van der Waals surface area contributed by atoms with Crippen LogP contribution in [0.5, 0.6) is 0 Å². The summed E-state index contributed by atoms with van der Waals surface area (Å²) in [7, 11) is 1.73. The fraction of sp³-hybridized carbons (Fsp3) is 0.571. The van der Waals surface area contributed by atoms with Crippen LogP contribution in [0.25, 0.3) is 0 Å². The lowest BCUT2D eigenvalue weighted by Crippen LogP contribution is -2.31. The number of benzene rings is 1. The minimum Gasteiger partial charge on any atom is -0.383 e. The number of hydrogen-bond donors (Lipinski definition) is 1. The topological polar surface area (TPSA) is 38.5 Å². The summed E-state index contributed by atoms with van der Waals surface area (Å²) in [6.07, 6.45) is 1.09. The van der Waals surface area contributed by atoms with Crippen molar-refractivity contribution < 1.29 is 4.74 Å². The molecule has 0 radical (unpaired) electrons. The number of rotatable bonds is 8. The van der Waals surface area contributed by atoms with Crippen molar-refractivity contribution >= 4 is 0 Å². The minimum atomic E-state index is 0.691. The smallest absolute Gasteiger partial charge is 0.0589 e. The van der Waals surface area contributed by atoms with E-state index in [1.54, 1.807) is 7.11 Å². The molecule has 0 amide bonds. The first-order valence-electron chi connectivity index (χ1n) is 6.29. The molecule has 0 saturated heterocycles. The van der Waals surface area contributed by atoms with Crippen LogP contribution in [-0.2, 0) is 17.7 Å². The molecule has 3 nitrogen and oxygen atoms in total. The van der Waals surface area contributed by atoms with Crippen LogP contribution in [-0.4, -0.2) is 38.3 Å². The van der Waals surface area contributed by atoms with Gasteiger partial charge >= 0.3 is 0 Å². The first kappa shape index (κ1) is 14.2. The van der Waals surface area contributed by atoms with E-state index in [9.17, 15) is 0 Å². The van der Waals surface area contributed by atoms with E-state index in [0.29, 0.717) is 6.54 Å². The Morgan fingerprint density at radius 2 is 1.76 bits per heavy atom. The standard InChI is InChI=1S/C14H24N2O/c1-3-13-4-6-14(7-5-13)12-16(9-8-15)10-11-17-2/h4-7H,3,8-12,15H2,1-2H3. The van der Waals surface area contributed by atoms with E-state index in [4.69, 9.17) is 10.5 Å². The van der Waals surface area contributed by atoms with Gasteiger partial charge in [-0.05, 0) is 17.5 Å². The fourth-order valence-corrected chi connectivity index (χ4v) is 1.81. The van der Waals surface area contributed by atoms with Crippen LogP contribution in [0.2, 0.25) is 0 Å². The lowest BCUT2D eigenvalue weighted by molar-refractivity contribution is 0.146. The van der Waals surface area contributed by atoms with Gasteiger partial charge in [0.1, 0.15) is 0 Å². The highest BCUT2D eigenvalue weighted by Crippen LogP contribution is 2.07. The highest BCUT2D eigenvalue weighted by Gasteiger charge is 2.04. The lowest BCUT2D eigenvalue weighted by Gasteiger charge is -2.21. The molecule has 96 valence electrons. The Balaban J connectivity index is 2.51. The summed E-state index contributed by atoms with van der Waals surface area (Å²) in [6.45, 7) is 6.42. The second-order valence-electron chi connectivity index (χ2n) is 4.23. The Bertz CT molecular complexity index is 298. The van der Waals surface area contributed by atoms with Gasteiger partial charge in [0.15, 0.2) is 0 Å². The number of aryl methyl sites for hydroxylation is 1. The predicted molar refractivity (Wildman–Crippen MR) is 72.0 cm³/mol. The molecule has 0 aliphatic rings. The molecule has 0 unspecified atom stereocenters. The fourth-order valence-electron chi connectivity index (χ4n) is 1.81. The van der Waals surface area contributed by atoms with E-state index in [1.807, 2.05) is 0 Å². The second kappa shape index (κ2) is 8.23. The van der Waals surface area contributed by atoms with Gasteiger partial charge in [-0.1, -0.05) is 31.2 Å². The molecular weight excluding hydrogens is 212 g/mol. The molecule has 17 heavy (non-hydrogen) atoms. The number of methoxy groups -OCH3 is 1. The van der Waals surface area contributed by atoms with E-state index in [1.165, 1.54) is 11.1 Å². The van der Waals surface area contributed by atoms with Crippen molar-refractivity contribution in [2.75, 3.05) is 33.4 Å². The van der Waals surface area contributed by atoms with Crippen LogP contribution in [0.4, 0.5) is 0 Å². The summed E-state index contributed by atoms with van der Waals surface area (Å²) in [5.74, 6) is 0. The number of nitrogens with two attached hydrogens (primary N) is 1. The molecule has 0 bridgehead atoms. The molecule has 0 spiro atoms. The summed E-state index contributed by atoms with van der Waals surface area (Å²) in [6, 6.07) is 8.81. The van der Waals surface area contributed by atoms with Crippen LogP contribution in [0.15, 0.2) is 24.3 Å². The van der Waals surface area contributed by atoms with Crippen molar-refractivity contribution in [2.45, 2.75) is 19.9 Å². The number of ether oxygens (including phenoxy) is 1. The lowest BCUT2D eigenvalue weighted by atomic mass is 10.1. The average Bonchev–Trinajstić information content (AvgIpc) is 2.37. The Morgan fingerprint density at radius 1 is 1.12 bits per heavy atom. The van der Waals surface area contributed by atoms with Crippen LogP contribution < -0.4 is 5.73 Å². The van der Waals surface area contributed by atoms with Crippen LogP contribution in [0.3, 0.4) is 0 Å². The van der Waals surface area contributed by atoms with E-state index >= 15 is 0 Å². The van der Waals surface area contributed by atoms with Crippen molar-refractivity contribution in [3.05, 3.63) is 35.4 Å². The molecule has 1 aromatic rings. The maximum absolute atomic E-state index is 5.62. The molecule has 0 aliphatic carbocycles. The quantitative estimate of drug-likeness (QED) is 0.746. The van der Waals surface area contributed by atoms with Crippen molar-refractivity contribution in [2.24, 2.45) is 5.73 Å². The van der Waals surface area contributed by atoms with Crippen molar-refractivity contribution in [3.8, 4) is 0 Å². The Labute approximate surface area is 105 Å². The van der Waals surface area contributed by atoms with Gasteiger partial charge < -0.3 is 10.5 Å². The van der Waals surface area contributed by atoms with Gasteiger partial charge in [0.2, 0.25) is 0 Å². The number of nitrogens with zero attached hydrogens (tertiary/aromatic N) is 1. The summed E-state index contributed by atoms with van der Waals surface area (Å²) in [5.41, 5.74) is 8.34. The maximum atomic E-state index is 5.62. The molecule has 1 rings (SSSR count). The SMILES string of the molecule is CCc1ccc(CN(CCN)CCOC)cc1. The average molecular weight is 236 g/mol. The van der Waals surface area contributed by atoms with Crippen molar-refractivity contribution in [1.82, 2.24) is 4.90 Å². The highest BCUT2D eigenvalue weighted by atomic mass is 16.5. The first-order chi connectivity index (χ1) is 8.30. The monoisotopic (exact) mass is 236 g/mol. The molecule has 1 aromatic carbocycles. The zero-order chi connectivity index (χ0) is 12.5. The molecule has 0 saturated carbocycles. The van der Waals surface area contributed by atoms with Crippen LogP contribution >= 0.6 is 0 Å². The van der Waals surface area contributed by atoms with E-state index < -0.39 is 0 Å². The Hall–Kier alpha value is -0.900. The van der Waals surface area contributed by atoms with Gasteiger partial charge in [-0.25, -0.2) is 0 Å². The second-order valence-corrected chi connectivity index (χ2v) is 4.23. The van der Waals surface area contributed by atoms with Gasteiger partial charge in [-0.3, -0.25) is 4.90 Å². The largest absolute Gasteiger partial charge is 0.383 e. The minimum absolute atomic E-state index is 0.691. The van der Waals surface area contributed by atoms with Gasteiger partial charge in [0.05, 0.1) is 6.61 Å². The molecule has 2 N–H and O–H groups in total. The Morgan fingerprint density at radius 3 is 2.29 bits per heavy atom. The summed E-state index contributed by atoms with van der Waals surface area (Å²) in [4.78, 5) is 2.32. The molecule has 3 heteroatoms. The normalized spacial score (nSPS) is 11.1. The molecule has 0 fully saturated rings.